The van der Waals surface area contributed by atoms with Crippen LogP contribution in [0.1, 0.15) is 65.2 Å². The second-order valence-electron chi connectivity index (χ2n) is 8.32. The highest BCUT2D eigenvalue weighted by Crippen LogP contribution is 2.42. The van der Waals surface area contributed by atoms with Crippen molar-refractivity contribution in [1.29, 1.82) is 0 Å². The molecule has 0 aromatic carbocycles. The van der Waals surface area contributed by atoms with E-state index in [1.54, 1.807) is 0 Å². The Bertz CT molecular complexity index is 359. The van der Waals surface area contributed by atoms with E-state index in [1.165, 1.54) is 25.7 Å². The van der Waals surface area contributed by atoms with Crippen molar-refractivity contribution in [3.63, 3.8) is 0 Å². The van der Waals surface area contributed by atoms with E-state index in [0.29, 0.717) is 29.8 Å². The smallest absolute Gasteiger partial charge is 0.223 e. The third-order valence-corrected chi connectivity index (χ3v) is 6.31. The summed E-state index contributed by atoms with van der Waals surface area (Å²) in [5.41, 5.74) is 6.34. The van der Waals surface area contributed by atoms with Crippen molar-refractivity contribution < 1.29 is 4.79 Å². The van der Waals surface area contributed by atoms with Gasteiger partial charge in [0.15, 0.2) is 0 Å². The molecule has 0 aromatic rings. The van der Waals surface area contributed by atoms with Crippen LogP contribution in [0.25, 0.3) is 0 Å². The summed E-state index contributed by atoms with van der Waals surface area (Å²) in [6.07, 6.45) is 9.48. The van der Waals surface area contributed by atoms with Gasteiger partial charge >= 0.3 is 0 Å². The molecule has 0 aromatic heterocycles. The number of hydrogen-bond donors (Lipinski definition) is 2. The molecule has 120 valence electrons. The Hall–Kier alpha value is -0.570. The van der Waals surface area contributed by atoms with Gasteiger partial charge in [-0.25, -0.2) is 0 Å². The minimum Gasteiger partial charge on any atom is -0.353 e. The Morgan fingerprint density at radius 3 is 2.10 bits per heavy atom. The molecular weight excluding hydrogens is 260 g/mol. The van der Waals surface area contributed by atoms with Crippen LogP contribution in [0, 0.1) is 29.6 Å². The fraction of sp³-hybridized carbons (Fsp3) is 0.944. The fourth-order valence-corrected chi connectivity index (χ4v) is 5.39. The molecule has 0 spiro atoms. The molecule has 3 heteroatoms. The summed E-state index contributed by atoms with van der Waals surface area (Å²) in [4.78, 5) is 12.7. The lowest BCUT2D eigenvalue weighted by atomic mass is 9.65. The zero-order valence-corrected chi connectivity index (χ0v) is 13.7. The maximum atomic E-state index is 12.7. The largest absolute Gasteiger partial charge is 0.353 e. The third kappa shape index (κ3) is 3.44. The predicted octanol–water partition coefficient (Wildman–Crippen LogP) is 3.08. The van der Waals surface area contributed by atoms with Crippen LogP contribution in [0.4, 0.5) is 0 Å². The number of rotatable bonds is 2. The molecule has 3 rings (SSSR count). The molecule has 0 saturated heterocycles. The topological polar surface area (TPSA) is 55.1 Å². The molecule has 4 unspecified atom stereocenters. The number of carbonyl (C=O) groups excluding carboxylic acids is 1. The Kier molecular flexibility index (Phi) is 4.58. The van der Waals surface area contributed by atoms with Crippen molar-refractivity contribution in [2.24, 2.45) is 35.3 Å². The molecule has 21 heavy (non-hydrogen) atoms. The van der Waals surface area contributed by atoms with Crippen molar-refractivity contribution in [2.45, 2.75) is 77.3 Å². The Morgan fingerprint density at radius 1 is 0.952 bits per heavy atom. The lowest BCUT2D eigenvalue weighted by molar-refractivity contribution is -0.129. The van der Waals surface area contributed by atoms with Gasteiger partial charge in [-0.2, -0.15) is 0 Å². The number of hydrogen-bond acceptors (Lipinski definition) is 2. The van der Waals surface area contributed by atoms with Gasteiger partial charge in [-0.15, -0.1) is 0 Å². The lowest BCUT2D eigenvalue weighted by Crippen LogP contribution is -2.50. The van der Waals surface area contributed by atoms with Crippen LogP contribution in [0.15, 0.2) is 0 Å². The molecule has 2 bridgehead atoms. The van der Waals surface area contributed by atoms with Crippen LogP contribution in [-0.4, -0.2) is 18.0 Å². The maximum absolute atomic E-state index is 12.7. The summed E-state index contributed by atoms with van der Waals surface area (Å²) in [7, 11) is 0. The van der Waals surface area contributed by atoms with Crippen molar-refractivity contribution in [3.8, 4) is 0 Å². The standard InChI is InChI=1S/C18H32N2O/c1-11-6-12(2)8-16(7-11)20-18(21)15-9-13-4-3-5-14(10-15)17(13)19/h11-17H,3-10,19H2,1-2H3,(H,20,21). The van der Waals surface area contributed by atoms with Crippen LogP contribution in [-0.2, 0) is 4.79 Å². The molecular formula is C18H32N2O. The highest BCUT2D eigenvalue weighted by molar-refractivity contribution is 5.79. The van der Waals surface area contributed by atoms with Crippen molar-refractivity contribution in [3.05, 3.63) is 0 Å². The third-order valence-electron chi connectivity index (χ3n) is 6.31. The highest BCUT2D eigenvalue weighted by Gasteiger charge is 2.41. The first-order valence-corrected chi connectivity index (χ1v) is 9.09. The summed E-state index contributed by atoms with van der Waals surface area (Å²) in [6, 6.07) is 0.768. The summed E-state index contributed by atoms with van der Waals surface area (Å²) in [6.45, 7) is 4.64. The zero-order chi connectivity index (χ0) is 15.0. The first-order chi connectivity index (χ1) is 10.0. The van der Waals surface area contributed by atoms with Gasteiger partial charge in [0.1, 0.15) is 0 Å². The molecule has 0 aliphatic heterocycles. The van der Waals surface area contributed by atoms with E-state index in [2.05, 4.69) is 19.2 Å². The normalized spacial score (nSPS) is 46.9. The first kappa shape index (κ1) is 15.3. The van der Waals surface area contributed by atoms with E-state index in [1.807, 2.05) is 0 Å². The van der Waals surface area contributed by atoms with E-state index in [0.717, 1.165) is 37.5 Å². The number of carbonyl (C=O) groups is 1. The van der Waals surface area contributed by atoms with Crippen LogP contribution in [0.2, 0.25) is 0 Å². The summed E-state index contributed by atoms with van der Waals surface area (Å²) in [5, 5.41) is 3.37. The van der Waals surface area contributed by atoms with E-state index in [-0.39, 0.29) is 5.92 Å². The SMILES string of the molecule is CC1CC(C)CC(NC(=O)C2CC3CCCC(C2)C3N)C1. The average Bonchev–Trinajstić information content (AvgIpc) is 2.36. The summed E-state index contributed by atoms with van der Waals surface area (Å²) < 4.78 is 0. The molecule has 1 amide bonds. The maximum Gasteiger partial charge on any atom is 0.223 e. The fourth-order valence-electron chi connectivity index (χ4n) is 5.39. The van der Waals surface area contributed by atoms with E-state index in [4.69, 9.17) is 5.73 Å². The van der Waals surface area contributed by atoms with Gasteiger partial charge < -0.3 is 11.1 Å². The molecule has 3 nitrogen and oxygen atoms in total. The van der Waals surface area contributed by atoms with E-state index >= 15 is 0 Å². The second kappa shape index (κ2) is 6.28. The average molecular weight is 292 g/mol. The molecule has 3 fully saturated rings. The number of amides is 1. The van der Waals surface area contributed by atoms with Gasteiger partial charge in [-0.1, -0.05) is 20.3 Å². The minimum absolute atomic E-state index is 0.229. The zero-order valence-electron chi connectivity index (χ0n) is 13.7. The van der Waals surface area contributed by atoms with Gasteiger partial charge in [-0.05, 0) is 68.6 Å². The highest BCUT2D eigenvalue weighted by atomic mass is 16.1. The summed E-state index contributed by atoms with van der Waals surface area (Å²) in [5.74, 6) is 3.24. The number of nitrogens with two attached hydrogens (primary N) is 1. The van der Waals surface area contributed by atoms with Gasteiger partial charge in [0.25, 0.3) is 0 Å². The monoisotopic (exact) mass is 292 g/mol. The van der Waals surface area contributed by atoms with Crippen LogP contribution >= 0.6 is 0 Å². The molecule has 3 saturated carbocycles. The van der Waals surface area contributed by atoms with Gasteiger partial charge in [0.05, 0.1) is 0 Å². The van der Waals surface area contributed by atoms with E-state index < -0.39 is 0 Å². The van der Waals surface area contributed by atoms with Crippen LogP contribution in [0.3, 0.4) is 0 Å². The summed E-state index contributed by atoms with van der Waals surface area (Å²) >= 11 is 0. The van der Waals surface area contributed by atoms with Crippen LogP contribution in [0.5, 0.6) is 0 Å². The van der Waals surface area contributed by atoms with Crippen LogP contribution < -0.4 is 11.1 Å². The molecule has 3 aliphatic carbocycles. The molecule has 0 radical (unpaired) electrons. The molecule has 3 N–H and O–H groups in total. The quantitative estimate of drug-likeness (QED) is 0.822. The van der Waals surface area contributed by atoms with Crippen molar-refractivity contribution >= 4 is 5.91 Å². The number of nitrogens with one attached hydrogen (secondary N) is 1. The Labute approximate surface area is 129 Å². The van der Waals surface area contributed by atoms with E-state index in [9.17, 15) is 4.79 Å². The second-order valence-corrected chi connectivity index (χ2v) is 8.32. The van der Waals surface area contributed by atoms with Gasteiger partial charge in [0.2, 0.25) is 5.91 Å². The lowest BCUT2D eigenvalue weighted by Gasteiger charge is -2.44. The Balaban J connectivity index is 1.56. The number of fused-ring (bicyclic) bond motifs is 2. The molecule has 3 aliphatic rings. The van der Waals surface area contributed by atoms with Crippen molar-refractivity contribution in [2.75, 3.05) is 0 Å². The van der Waals surface area contributed by atoms with Crippen molar-refractivity contribution in [1.82, 2.24) is 5.32 Å². The Morgan fingerprint density at radius 2 is 1.52 bits per heavy atom. The molecule has 4 atom stereocenters. The molecule has 0 heterocycles. The minimum atomic E-state index is 0.229. The van der Waals surface area contributed by atoms with Gasteiger partial charge in [-0.3, -0.25) is 4.79 Å². The predicted molar refractivity (Wildman–Crippen MR) is 85.6 cm³/mol. The van der Waals surface area contributed by atoms with Gasteiger partial charge in [0, 0.05) is 18.0 Å². The first-order valence-electron chi connectivity index (χ1n) is 9.09.